The van der Waals surface area contributed by atoms with E-state index in [1.54, 1.807) is 12.1 Å². The third-order valence-electron chi connectivity index (χ3n) is 3.68. The molecule has 21 heavy (non-hydrogen) atoms. The molecule has 1 atom stereocenters. The van der Waals surface area contributed by atoms with Crippen molar-refractivity contribution in [2.24, 2.45) is 0 Å². The van der Waals surface area contributed by atoms with E-state index in [9.17, 15) is 0 Å². The number of hydrogen-bond donors (Lipinski definition) is 1. The SMILES string of the molecule is CC(Nc1ccc(Cl)c(C#N)c1)c1ccc2c(c1)CCO2. The quantitative estimate of drug-likeness (QED) is 0.918. The second kappa shape index (κ2) is 5.67. The average molecular weight is 299 g/mol. The van der Waals surface area contributed by atoms with E-state index in [1.165, 1.54) is 11.1 Å². The minimum Gasteiger partial charge on any atom is -0.493 e. The van der Waals surface area contributed by atoms with E-state index in [0.29, 0.717) is 10.6 Å². The van der Waals surface area contributed by atoms with Crippen molar-refractivity contribution in [3.8, 4) is 11.8 Å². The van der Waals surface area contributed by atoms with Crippen LogP contribution in [-0.2, 0) is 6.42 Å². The molecule has 4 heteroatoms. The van der Waals surface area contributed by atoms with Gasteiger partial charge in [-0.15, -0.1) is 0 Å². The van der Waals surface area contributed by atoms with Crippen LogP contribution in [0.1, 0.15) is 29.7 Å². The lowest BCUT2D eigenvalue weighted by atomic mass is 10.0. The molecule has 0 saturated heterocycles. The molecule has 0 aliphatic carbocycles. The summed E-state index contributed by atoms with van der Waals surface area (Å²) in [5, 5.41) is 12.9. The van der Waals surface area contributed by atoms with E-state index in [2.05, 4.69) is 30.4 Å². The van der Waals surface area contributed by atoms with Gasteiger partial charge in [-0.1, -0.05) is 17.7 Å². The fourth-order valence-electron chi connectivity index (χ4n) is 2.51. The number of benzene rings is 2. The Bertz CT molecular complexity index is 721. The zero-order valence-electron chi connectivity index (χ0n) is 11.7. The molecular formula is C17H15ClN2O. The monoisotopic (exact) mass is 298 g/mol. The number of nitrogens with zero attached hydrogens (tertiary/aromatic N) is 1. The van der Waals surface area contributed by atoms with Crippen molar-refractivity contribution >= 4 is 17.3 Å². The van der Waals surface area contributed by atoms with Gasteiger partial charge in [0.1, 0.15) is 11.8 Å². The van der Waals surface area contributed by atoms with Gasteiger partial charge in [0.25, 0.3) is 0 Å². The van der Waals surface area contributed by atoms with Gasteiger partial charge in [0.2, 0.25) is 0 Å². The molecule has 1 heterocycles. The van der Waals surface area contributed by atoms with Crippen LogP contribution < -0.4 is 10.1 Å². The van der Waals surface area contributed by atoms with Crippen LogP contribution in [0.5, 0.6) is 5.75 Å². The van der Waals surface area contributed by atoms with Gasteiger partial charge in [0, 0.05) is 18.2 Å². The first-order chi connectivity index (χ1) is 10.2. The van der Waals surface area contributed by atoms with Crippen LogP contribution in [0.15, 0.2) is 36.4 Å². The molecule has 3 rings (SSSR count). The molecule has 0 aromatic heterocycles. The van der Waals surface area contributed by atoms with Crippen LogP contribution in [0, 0.1) is 11.3 Å². The Morgan fingerprint density at radius 2 is 2.14 bits per heavy atom. The van der Waals surface area contributed by atoms with Crippen molar-refractivity contribution in [1.29, 1.82) is 5.26 Å². The lowest BCUT2D eigenvalue weighted by molar-refractivity contribution is 0.357. The van der Waals surface area contributed by atoms with Crippen LogP contribution in [0.2, 0.25) is 5.02 Å². The number of fused-ring (bicyclic) bond motifs is 1. The van der Waals surface area contributed by atoms with Gasteiger partial charge in [0.05, 0.1) is 17.2 Å². The summed E-state index contributed by atoms with van der Waals surface area (Å²) in [5.74, 6) is 0.990. The molecule has 0 fully saturated rings. The van der Waals surface area contributed by atoms with Gasteiger partial charge >= 0.3 is 0 Å². The minimum atomic E-state index is 0.142. The average Bonchev–Trinajstić information content (AvgIpc) is 2.96. The fraction of sp³-hybridized carbons (Fsp3) is 0.235. The number of anilines is 1. The summed E-state index contributed by atoms with van der Waals surface area (Å²) in [6.07, 6.45) is 0.968. The maximum Gasteiger partial charge on any atom is 0.122 e. The van der Waals surface area contributed by atoms with Crippen LogP contribution in [0.25, 0.3) is 0 Å². The third-order valence-corrected chi connectivity index (χ3v) is 4.01. The predicted octanol–water partition coefficient (Wildman–Crippen LogP) is 4.32. The smallest absolute Gasteiger partial charge is 0.122 e. The normalized spacial score (nSPS) is 14.0. The standard InChI is InChI=1S/C17H15ClN2O/c1-11(12-2-5-17-13(8-12)6-7-21-17)20-15-3-4-16(18)14(9-15)10-19/h2-5,8-9,11,20H,6-7H2,1H3. The van der Waals surface area contributed by atoms with Crippen molar-refractivity contribution in [3.05, 3.63) is 58.1 Å². The van der Waals surface area contributed by atoms with Crippen LogP contribution >= 0.6 is 11.6 Å². The van der Waals surface area contributed by atoms with E-state index in [1.807, 2.05) is 12.1 Å². The molecule has 2 aromatic rings. The highest BCUT2D eigenvalue weighted by Gasteiger charge is 2.14. The molecular weight excluding hydrogens is 284 g/mol. The first-order valence-electron chi connectivity index (χ1n) is 6.89. The zero-order chi connectivity index (χ0) is 14.8. The fourth-order valence-corrected chi connectivity index (χ4v) is 2.67. The van der Waals surface area contributed by atoms with Crippen molar-refractivity contribution in [2.75, 3.05) is 11.9 Å². The maximum absolute atomic E-state index is 9.02. The number of nitrogens with one attached hydrogen (secondary N) is 1. The van der Waals surface area contributed by atoms with E-state index >= 15 is 0 Å². The molecule has 0 amide bonds. The molecule has 1 unspecified atom stereocenters. The Kier molecular flexibility index (Phi) is 3.72. The molecule has 0 saturated carbocycles. The van der Waals surface area contributed by atoms with Crippen LogP contribution in [0.4, 0.5) is 5.69 Å². The molecule has 1 aliphatic heterocycles. The molecule has 3 nitrogen and oxygen atoms in total. The number of halogens is 1. The second-order valence-electron chi connectivity index (χ2n) is 5.14. The molecule has 1 aliphatic rings. The van der Waals surface area contributed by atoms with E-state index in [-0.39, 0.29) is 6.04 Å². The molecule has 0 spiro atoms. The maximum atomic E-state index is 9.02. The van der Waals surface area contributed by atoms with Crippen LogP contribution in [0.3, 0.4) is 0 Å². The van der Waals surface area contributed by atoms with Crippen molar-refractivity contribution < 1.29 is 4.74 Å². The Labute approximate surface area is 129 Å². The van der Waals surface area contributed by atoms with Crippen LogP contribution in [-0.4, -0.2) is 6.61 Å². The van der Waals surface area contributed by atoms with Crippen molar-refractivity contribution in [1.82, 2.24) is 0 Å². The highest BCUT2D eigenvalue weighted by atomic mass is 35.5. The summed E-state index contributed by atoms with van der Waals surface area (Å²) in [7, 11) is 0. The van der Waals surface area contributed by atoms with E-state index < -0.39 is 0 Å². The first kappa shape index (κ1) is 13.8. The second-order valence-corrected chi connectivity index (χ2v) is 5.55. The van der Waals surface area contributed by atoms with Gasteiger partial charge in [-0.3, -0.25) is 0 Å². The van der Waals surface area contributed by atoms with E-state index in [0.717, 1.165) is 24.5 Å². The minimum absolute atomic E-state index is 0.142. The highest BCUT2D eigenvalue weighted by Crippen LogP contribution is 2.30. The van der Waals surface area contributed by atoms with Gasteiger partial charge in [-0.2, -0.15) is 5.26 Å². The van der Waals surface area contributed by atoms with E-state index in [4.69, 9.17) is 21.6 Å². The summed E-state index contributed by atoms with van der Waals surface area (Å²) >= 11 is 5.95. The highest BCUT2D eigenvalue weighted by molar-refractivity contribution is 6.31. The van der Waals surface area contributed by atoms with Gasteiger partial charge in [-0.05, 0) is 48.4 Å². The Morgan fingerprint density at radius 3 is 2.95 bits per heavy atom. The lowest BCUT2D eigenvalue weighted by Gasteiger charge is -2.17. The number of ether oxygens (including phenoxy) is 1. The predicted molar refractivity (Wildman–Crippen MR) is 83.8 cm³/mol. The summed E-state index contributed by atoms with van der Waals surface area (Å²) in [5.41, 5.74) is 3.83. The molecule has 1 N–H and O–H groups in total. The topological polar surface area (TPSA) is 45.0 Å². The van der Waals surface area contributed by atoms with Gasteiger partial charge in [0.15, 0.2) is 0 Å². The number of nitriles is 1. The van der Waals surface area contributed by atoms with Crippen molar-refractivity contribution in [3.63, 3.8) is 0 Å². The molecule has 0 radical (unpaired) electrons. The van der Waals surface area contributed by atoms with Gasteiger partial charge < -0.3 is 10.1 Å². The van der Waals surface area contributed by atoms with Crippen molar-refractivity contribution in [2.45, 2.75) is 19.4 Å². The Balaban J connectivity index is 1.80. The summed E-state index contributed by atoms with van der Waals surface area (Å²) in [4.78, 5) is 0. The Morgan fingerprint density at radius 1 is 1.29 bits per heavy atom. The Hall–Kier alpha value is -2.18. The van der Waals surface area contributed by atoms with Gasteiger partial charge in [-0.25, -0.2) is 0 Å². The lowest BCUT2D eigenvalue weighted by Crippen LogP contribution is -2.07. The molecule has 106 valence electrons. The number of rotatable bonds is 3. The third kappa shape index (κ3) is 2.81. The summed E-state index contributed by atoms with van der Waals surface area (Å²) < 4.78 is 5.52. The zero-order valence-corrected chi connectivity index (χ0v) is 12.4. The largest absolute Gasteiger partial charge is 0.493 e. The summed E-state index contributed by atoms with van der Waals surface area (Å²) in [6.45, 7) is 2.86. The first-order valence-corrected chi connectivity index (χ1v) is 7.27. The molecule has 2 aromatic carbocycles. The number of hydrogen-bond acceptors (Lipinski definition) is 3. The molecule has 0 bridgehead atoms. The summed E-state index contributed by atoms with van der Waals surface area (Å²) in [6, 6.07) is 13.9.